The average molecular weight is 570 g/mol. The quantitative estimate of drug-likeness (QED) is 0.226. The van der Waals surface area contributed by atoms with E-state index in [0.717, 1.165) is 24.6 Å². The number of rotatable bonds is 8. The molecule has 0 aliphatic heterocycles. The molecular weight excluding hydrogens is 544 g/mol. The van der Waals surface area contributed by atoms with Gasteiger partial charge in [0.2, 0.25) is 0 Å². The van der Waals surface area contributed by atoms with E-state index < -0.39 is 23.1 Å². The molecule has 0 spiro atoms. The molecule has 10 heteroatoms. The lowest BCUT2D eigenvalue weighted by Gasteiger charge is -2.15. The van der Waals surface area contributed by atoms with Crippen molar-refractivity contribution in [2.75, 3.05) is 19.5 Å². The van der Waals surface area contributed by atoms with E-state index in [0.29, 0.717) is 33.8 Å². The number of hydrogen-bond acceptors (Lipinski definition) is 6. The largest absolute Gasteiger partial charge is 0.493 e. The maximum atomic E-state index is 15.2. The molecule has 1 fully saturated rings. The maximum absolute atomic E-state index is 15.2. The number of carbonyl (C=O) groups excluding carboxylic acids is 1. The molecule has 5 aromatic rings. The Hall–Kier alpha value is -5.25. The summed E-state index contributed by atoms with van der Waals surface area (Å²) >= 11 is 0. The molecule has 212 valence electrons. The highest BCUT2D eigenvalue weighted by atomic mass is 19.1. The predicted octanol–water partition coefficient (Wildman–Crippen LogP) is 6.60. The van der Waals surface area contributed by atoms with Crippen molar-refractivity contribution in [3.8, 4) is 28.7 Å². The number of fused-ring (bicyclic) bond motifs is 1. The molecule has 2 aromatic heterocycles. The molecule has 3 aromatic carbocycles. The van der Waals surface area contributed by atoms with Crippen LogP contribution in [-0.4, -0.2) is 29.7 Å². The molecule has 1 amide bonds. The number of nitrogens with zero attached hydrogens (tertiary/aromatic N) is 2. The van der Waals surface area contributed by atoms with Gasteiger partial charge >= 0.3 is 0 Å². The second-order valence-corrected chi connectivity index (χ2v) is 9.80. The number of carbonyl (C=O) groups is 1. The van der Waals surface area contributed by atoms with Crippen LogP contribution in [0.1, 0.15) is 34.8 Å². The predicted molar refractivity (Wildman–Crippen MR) is 153 cm³/mol. The van der Waals surface area contributed by atoms with Gasteiger partial charge in [-0.2, -0.15) is 0 Å². The van der Waals surface area contributed by atoms with E-state index in [1.165, 1.54) is 67.4 Å². The Morgan fingerprint density at radius 2 is 1.62 bits per heavy atom. The summed E-state index contributed by atoms with van der Waals surface area (Å²) < 4.78 is 46.7. The number of anilines is 1. The molecule has 0 radical (unpaired) electrons. The lowest BCUT2D eigenvalue weighted by atomic mass is 10.1. The fraction of sp³-hybridized carbons (Fsp3) is 0.156. The number of hydrogen-bond donors (Lipinski definition) is 1. The van der Waals surface area contributed by atoms with Gasteiger partial charge in [0.05, 0.1) is 19.7 Å². The third-order valence-electron chi connectivity index (χ3n) is 7.05. The molecule has 0 atom stereocenters. The Morgan fingerprint density at radius 1 is 0.881 bits per heavy atom. The van der Waals surface area contributed by atoms with Crippen molar-refractivity contribution in [1.29, 1.82) is 0 Å². The van der Waals surface area contributed by atoms with E-state index in [2.05, 4.69) is 10.3 Å². The molecule has 0 saturated heterocycles. The second-order valence-electron chi connectivity index (χ2n) is 9.80. The average Bonchev–Trinajstić information content (AvgIpc) is 3.84. The van der Waals surface area contributed by atoms with Gasteiger partial charge in [0.1, 0.15) is 17.1 Å². The molecular formula is C32H25F2N3O5. The Bertz CT molecular complexity index is 1890. The Morgan fingerprint density at radius 3 is 2.31 bits per heavy atom. The van der Waals surface area contributed by atoms with Gasteiger partial charge in [-0.15, -0.1) is 0 Å². The van der Waals surface area contributed by atoms with Crippen molar-refractivity contribution in [1.82, 2.24) is 9.55 Å². The van der Waals surface area contributed by atoms with Crippen molar-refractivity contribution >= 4 is 22.5 Å². The summed E-state index contributed by atoms with van der Waals surface area (Å²) in [6, 6.07) is 17.7. The van der Waals surface area contributed by atoms with Crippen LogP contribution in [0, 0.1) is 11.6 Å². The summed E-state index contributed by atoms with van der Waals surface area (Å²) in [6.45, 7) is 0. The summed E-state index contributed by atoms with van der Waals surface area (Å²) in [5.41, 5.74) is 1.25. The van der Waals surface area contributed by atoms with Crippen LogP contribution in [0.4, 0.5) is 14.5 Å². The Balaban J connectivity index is 1.26. The lowest BCUT2D eigenvalue weighted by Crippen LogP contribution is -2.30. The van der Waals surface area contributed by atoms with Gasteiger partial charge in [-0.05, 0) is 79.4 Å². The summed E-state index contributed by atoms with van der Waals surface area (Å²) in [5.74, 6) is -0.449. The van der Waals surface area contributed by atoms with Crippen LogP contribution in [0.3, 0.4) is 0 Å². The molecule has 0 unspecified atom stereocenters. The molecule has 1 saturated carbocycles. The second kappa shape index (κ2) is 11.0. The third-order valence-corrected chi connectivity index (χ3v) is 7.05. The normalized spacial score (nSPS) is 12.7. The Labute approximate surface area is 239 Å². The number of benzene rings is 3. The van der Waals surface area contributed by atoms with Gasteiger partial charge in [-0.25, -0.2) is 8.78 Å². The summed E-state index contributed by atoms with van der Waals surface area (Å²) in [6.07, 6.45) is 3.39. The van der Waals surface area contributed by atoms with E-state index in [1.54, 1.807) is 24.3 Å². The highest BCUT2D eigenvalue weighted by molar-refractivity contribution is 6.04. The molecule has 6 rings (SSSR count). The van der Waals surface area contributed by atoms with Crippen molar-refractivity contribution < 1.29 is 27.8 Å². The number of ether oxygens (including phenoxy) is 3. The van der Waals surface area contributed by atoms with Gasteiger partial charge in [0, 0.05) is 40.8 Å². The monoisotopic (exact) mass is 569 g/mol. The van der Waals surface area contributed by atoms with Crippen LogP contribution in [0.15, 0.2) is 83.8 Å². The van der Waals surface area contributed by atoms with Gasteiger partial charge < -0.3 is 19.5 Å². The maximum Gasteiger partial charge on any atom is 0.268 e. The van der Waals surface area contributed by atoms with E-state index in [4.69, 9.17) is 14.2 Å². The van der Waals surface area contributed by atoms with E-state index in [1.807, 2.05) is 0 Å². The van der Waals surface area contributed by atoms with Crippen LogP contribution in [0.25, 0.3) is 16.6 Å². The lowest BCUT2D eigenvalue weighted by molar-refractivity contribution is 0.102. The first-order chi connectivity index (χ1) is 20.4. The first-order valence-electron chi connectivity index (χ1n) is 13.2. The molecule has 1 N–H and O–H groups in total. The minimum atomic E-state index is -0.731. The zero-order valence-corrected chi connectivity index (χ0v) is 22.7. The number of amides is 1. The summed E-state index contributed by atoms with van der Waals surface area (Å²) in [7, 11) is 3.02. The summed E-state index contributed by atoms with van der Waals surface area (Å²) in [4.78, 5) is 30.9. The van der Waals surface area contributed by atoms with E-state index in [-0.39, 0.29) is 22.9 Å². The first kappa shape index (κ1) is 26.9. The molecule has 8 nitrogen and oxygen atoms in total. The minimum Gasteiger partial charge on any atom is -0.493 e. The van der Waals surface area contributed by atoms with Gasteiger partial charge in [-0.3, -0.25) is 19.1 Å². The van der Waals surface area contributed by atoms with Crippen molar-refractivity contribution in [2.45, 2.75) is 18.8 Å². The fourth-order valence-electron chi connectivity index (χ4n) is 4.79. The van der Waals surface area contributed by atoms with Crippen molar-refractivity contribution in [3.05, 3.63) is 112 Å². The number of pyridine rings is 2. The first-order valence-corrected chi connectivity index (χ1v) is 13.2. The SMILES string of the molecule is COc1cc2nccc(Oc3ccc(NC(=O)c4ccc(C5CC5)n(-c5ccc(F)cc5)c4=O)cc3F)c2cc1OC. The zero-order valence-electron chi connectivity index (χ0n) is 22.7. The fourth-order valence-corrected chi connectivity index (χ4v) is 4.79. The molecule has 1 aliphatic rings. The topological polar surface area (TPSA) is 91.7 Å². The smallest absolute Gasteiger partial charge is 0.268 e. The third kappa shape index (κ3) is 5.14. The van der Waals surface area contributed by atoms with Gasteiger partial charge in [-0.1, -0.05) is 0 Å². The number of aromatic nitrogens is 2. The van der Waals surface area contributed by atoms with Gasteiger partial charge in [0.25, 0.3) is 11.5 Å². The van der Waals surface area contributed by atoms with Crippen LogP contribution in [0.5, 0.6) is 23.0 Å². The number of methoxy groups -OCH3 is 2. The number of nitrogens with one attached hydrogen (secondary N) is 1. The van der Waals surface area contributed by atoms with Crippen LogP contribution in [0.2, 0.25) is 0 Å². The van der Waals surface area contributed by atoms with E-state index >= 15 is 4.39 Å². The molecule has 0 bridgehead atoms. The number of halogens is 2. The standard InChI is InChI=1S/C32H25F2N3O5/c1-40-29-16-23-25(17-30(29)41-2)35-14-13-27(23)42-28-12-7-20(15-24(28)34)36-31(38)22-10-11-26(18-3-4-18)37(32(22)39)21-8-5-19(33)6-9-21/h5-18H,3-4H2,1-2H3,(H,36,38). The minimum absolute atomic E-state index is 0.0808. The highest BCUT2D eigenvalue weighted by Gasteiger charge is 2.29. The zero-order chi connectivity index (χ0) is 29.4. The van der Waals surface area contributed by atoms with Crippen LogP contribution in [-0.2, 0) is 0 Å². The highest BCUT2D eigenvalue weighted by Crippen LogP contribution is 2.40. The van der Waals surface area contributed by atoms with Gasteiger partial charge in [0.15, 0.2) is 23.1 Å². The van der Waals surface area contributed by atoms with E-state index in [9.17, 15) is 14.0 Å². The van der Waals surface area contributed by atoms with Crippen molar-refractivity contribution in [2.24, 2.45) is 0 Å². The van der Waals surface area contributed by atoms with Crippen molar-refractivity contribution in [3.63, 3.8) is 0 Å². The molecule has 2 heterocycles. The Kier molecular flexibility index (Phi) is 7.03. The van der Waals surface area contributed by atoms with Crippen LogP contribution >= 0.6 is 0 Å². The molecule has 1 aliphatic carbocycles. The molecule has 42 heavy (non-hydrogen) atoms. The van der Waals surface area contributed by atoms with Crippen LogP contribution < -0.4 is 25.1 Å². The summed E-state index contributed by atoms with van der Waals surface area (Å²) in [5, 5.41) is 3.17.